The highest BCUT2D eigenvalue weighted by Crippen LogP contribution is 2.27. The van der Waals surface area contributed by atoms with Gasteiger partial charge in [0.1, 0.15) is 11.5 Å². The SMILES string of the molecule is Cc1nn2c(SCC(=O)Nc3nnc(SCC(=O)Nc4ccccc4F)s3)nc3ccccc3c2nc1=O. The number of hydrogen-bond acceptors (Lipinski definition) is 11. The van der Waals surface area contributed by atoms with E-state index in [1.165, 1.54) is 22.7 Å². The zero-order valence-electron chi connectivity index (χ0n) is 19.5. The van der Waals surface area contributed by atoms with E-state index in [9.17, 15) is 18.8 Å². The molecule has 192 valence electrons. The zero-order valence-corrected chi connectivity index (χ0v) is 22.0. The Hall–Kier alpha value is -3.95. The van der Waals surface area contributed by atoms with E-state index in [1.54, 1.807) is 25.1 Å². The van der Waals surface area contributed by atoms with Gasteiger partial charge in [-0.05, 0) is 31.2 Å². The maximum Gasteiger partial charge on any atom is 0.294 e. The van der Waals surface area contributed by atoms with Gasteiger partial charge in [0.15, 0.2) is 15.1 Å². The Bertz CT molecular complexity index is 1740. The second-order valence-corrected chi connectivity index (χ2v) is 10.8. The van der Waals surface area contributed by atoms with Crippen LogP contribution in [0.5, 0.6) is 0 Å². The lowest BCUT2D eigenvalue weighted by Gasteiger charge is -2.09. The lowest BCUT2D eigenvalue weighted by Crippen LogP contribution is -2.19. The maximum atomic E-state index is 13.7. The molecule has 15 heteroatoms. The van der Waals surface area contributed by atoms with Crippen LogP contribution >= 0.6 is 34.9 Å². The van der Waals surface area contributed by atoms with Gasteiger partial charge in [-0.3, -0.25) is 19.7 Å². The Morgan fingerprint density at radius 2 is 1.71 bits per heavy atom. The number of aromatic nitrogens is 6. The molecule has 0 radical (unpaired) electrons. The minimum Gasteiger partial charge on any atom is -0.323 e. The van der Waals surface area contributed by atoms with Crippen molar-refractivity contribution in [2.24, 2.45) is 0 Å². The van der Waals surface area contributed by atoms with Crippen LogP contribution in [-0.2, 0) is 9.59 Å². The zero-order chi connectivity index (χ0) is 26.6. The minimum absolute atomic E-state index is 0.00375. The summed E-state index contributed by atoms with van der Waals surface area (Å²) >= 11 is 3.36. The summed E-state index contributed by atoms with van der Waals surface area (Å²) in [6, 6.07) is 13.1. The number of hydrogen-bond donors (Lipinski definition) is 2. The predicted molar refractivity (Wildman–Crippen MR) is 144 cm³/mol. The number of nitrogens with one attached hydrogen (secondary N) is 2. The van der Waals surface area contributed by atoms with Crippen LogP contribution in [0.25, 0.3) is 16.6 Å². The van der Waals surface area contributed by atoms with Gasteiger partial charge in [-0.1, -0.05) is 59.1 Å². The summed E-state index contributed by atoms with van der Waals surface area (Å²) in [5, 5.41) is 18.7. The highest BCUT2D eigenvalue weighted by molar-refractivity contribution is 8.01. The first kappa shape index (κ1) is 25.7. The Kier molecular flexibility index (Phi) is 7.57. The van der Waals surface area contributed by atoms with Gasteiger partial charge >= 0.3 is 0 Å². The molecule has 0 spiro atoms. The Labute approximate surface area is 226 Å². The summed E-state index contributed by atoms with van der Waals surface area (Å²) in [4.78, 5) is 45.5. The van der Waals surface area contributed by atoms with Crippen molar-refractivity contribution >= 4 is 74.0 Å². The van der Waals surface area contributed by atoms with Crippen molar-refractivity contribution in [3.05, 3.63) is 70.4 Å². The molecule has 5 rings (SSSR count). The molecule has 0 aliphatic carbocycles. The third-order valence-electron chi connectivity index (χ3n) is 4.97. The number of amides is 2. The lowest BCUT2D eigenvalue weighted by molar-refractivity contribution is -0.114. The van der Waals surface area contributed by atoms with Crippen LogP contribution in [0.15, 0.2) is 62.8 Å². The van der Waals surface area contributed by atoms with E-state index in [2.05, 4.69) is 35.9 Å². The molecule has 0 saturated carbocycles. The van der Waals surface area contributed by atoms with E-state index in [4.69, 9.17) is 0 Å². The van der Waals surface area contributed by atoms with Crippen molar-refractivity contribution in [1.29, 1.82) is 0 Å². The Morgan fingerprint density at radius 1 is 0.974 bits per heavy atom. The third kappa shape index (κ3) is 5.79. The minimum atomic E-state index is -0.521. The molecule has 0 saturated heterocycles. The number of aryl methyl sites for hydroxylation is 1. The summed E-state index contributed by atoms with van der Waals surface area (Å²) in [5.74, 6) is -1.29. The number of carbonyl (C=O) groups is 2. The summed E-state index contributed by atoms with van der Waals surface area (Å²) in [6.07, 6.45) is 0. The van der Waals surface area contributed by atoms with Gasteiger partial charge in [0.2, 0.25) is 16.9 Å². The van der Waals surface area contributed by atoms with E-state index in [0.29, 0.717) is 26.0 Å². The van der Waals surface area contributed by atoms with Crippen LogP contribution in [0.1, 0.15) is 5.69 Å². The van der Waals surface area contributed by atoms with Gasteiger partial charge in [0.25, 0.3) is 5.56 Å². The number of para-hydroxylation sites is 2. The van der Waals surface area contributed by atoms with Crippen LogP contribution in [0.4, 0.5) is 15.2 Å². The summed E-state index contributed by atoms with van der Waals surface area (Å²) in [5.41, 5.74) is 0.871. The average molecular weight is 569 g/mol. The van der Waals surface area contributed by atoms with Gasteiger partial charge in [-0.15, -0.1) is 10.2 Å². The van der Waals surface area contributed by atoms with Crippen LogP contribution in [0.2, 0.25) is 0 Å². The molecule has 0 atom stereocenters. The highest BCUT2D eigenvalue weighted by atomic mass is 32.2. The number of fused-ring (bicyclic) bond motifs is 3. The fourth-order valence-corrected chi connectivity index (χ4v) is 5.57. The predicted octanol–water partition coefficient (Wildman–Crippen LogP) is 3.40. The van der Waals surface area contributed by atoms with Crippen molar-refractivity contribution < 1.29 is 14.0 Å². The first-order valence-corrected chi connectivity index (χ1v) is 13.8. The second kappa shape index (κ2) is 11.2. The van der Waals surface area contributed by atoms with E-state index < -0.39 is 17.3 Å². The molecule has 11 nitrogen and oxygen atoms in total. The topological polar surface area (TPSA) is 144 Å². The summed E-state index contributed by atoms with van der Waals surface area (Å²) < 4.78 is 15.6. The van der Waals surface area contributed by atoms with Crippen LogP contribution in [-0.4, -0.2) is 53.1 Å². The van der Waals surface area contributed by atoms with Crippen molar-refractivity contribution in [3.63, 3.8) is 0 Å². The smallest absolute Gasteiger partial charge is 0.294 e. The number of carbonyl (C=O) groups excluding carboxylic acids is 2. The van der Waals surface area contributed by atoms with E-state index >= 15 is 0 Å². The van der Waals surface area contributed by atoms with Crippen molar-refractivity contribution in [1.82, 2.24) is 29.8 Å². The molecule has 0 unspecified atom stereocenters. The summed E-state index contributed by atoms with van der Waals surface area (Å²) in [7, 11) is 0. The quantitative estimate of drug-likeness (QED) is 0.124. The van der Waals surface area contributed by atoms with Crippen molar-refractivity contribution in [2.75, 3.05) is 22.1 Å². The molecule has 38 heavy (non-hydrogen) atoms. The molecule has 0 aliphatic rings. The second-order valence-electron chi connectivity index (χ2n) is 7.68. The van der Waals surface area contributed by atoms with Crippen LogP contribution < -0.4 is 16.2 Å². The average Bonchev–Trinajstić information content (AvgIpc) is 3.35. The molecule has 3 aromatic heterocycles. The molecule has 0 aliphatic heterocycles. The van der Waals surface area contributed by atoms with Gasteiger partial charge in [-0.2, -0.15) is 14.6 Å². The van der Waals surface area contributed by atoms with E-state index in [-0.39, 0.29) is 33.9 Å². The fourth-order valence-electron chi connectivity index (χ4n) is 3.26. The standard InChI is InChI=1S/C23H17FN8O3S3/c1-12-20(35)28-19-13-6-2-4-8-15(13)26-22(32(19)31-12)36-10-18(34)27-21-29-30-23(38-21)37-11-17(33)25-16-9-5-3-7-14(16)24/h2-9H,10-11H2,1H3,(H,25,33)(H,27,29,34). The van der Waals surface area contributed by atoms with Gasteiger partial charge < -0.3 is 5.32 Å². The van der Waals surface area contributed by atoms with E-state index in [0.717, 1.165) is 34.9 Å². The van der Waals surface area contributed by atoms with Crippen LogP contribution in [0.3, 0.4) is 0 Å². The molecular weight excluding hydrogens is 552 g/mol. The number of anilines is 2. The fraction of sp³-hybridized carbons (Fsp3) is 0.130. The van der Waals surface area contributed by atoms with E-state index in [1.807, 2.05) is 12.1 Å². The third-order valence-corrected chi connectivity index (χ3v) is 7.87. The van der Waals surface area contributed by atoms with Gasteiger partial charge in [0.05, 0.1) is 22.7 Å². The number of nitrogens with zero attached hydrogens (tertiary/aromatic N) is 6. The Morgan fingerprint density at radius 3 is 2.55 bits per heavy atom. The van der Waals surface area contributed by atoms with Crippen LogP contribution in [0, 0.1) is 12.7 Å². The first-order valence-electron chi connectivity index (χ1n) is 11.0. The molecular formula is C23H17FN8O3S3. The molecule has 0 bridgehead atoms. The maximum absolute atomic E-state index is 13.7. The number of rotatable bonds is 8. The first-order chi connectivity index (χ1) is 18.4. The number of benzene rings is 2. The van der Waals surface area contributed by atoms with Gasteiger partial charge in [-0.25, -0.2) is 9.37 Å². The monoisotopic (exact) mass is 568 g/mol. The molecule has 0 fully saturated rings. The number of thioether (sulfide) groups is 2. The molecule has 3 heterocycles. The highest BCUT2D eigenvalue weighted by Gasteiger charge is 2.16. The summed E-state index contributed by atoms with van der Waals surface area (Å²) in [6.45, 7) is 1.56. The van der Waals surface area contributed by atoms with Crippen molar-refractivity contribution in [3.8, 4) is 0 Å². The molecule has 5 aromatic rings. The molecule has 2 aromatic carbocycles. The molecule has 2 N–H and O–H groups in total. The largest absolute Gasteiger partial charge is 0.323 e. The van der Waals surface area contributed by atoms with Crippen molar-refractivity contribution in [2.45, 2.75) is 16.4 Å². The van der Waals surface area contributed by atoms with Gasteiger partial charge in [0, 0.05) is 5.39 Å². The Balaban J connectivity index is 1.21. The normalized spacial score (nSPS) is 11.1. The molecule has 2 amide bonds. The number of halogens is 1. The lowest BCUT2D eigenvalue weighted by atomic mass is 10.2.